The number of hydrogen-bond acceptors (Lipinski definition) is 4. The molecule has 0 radical (unpaired) electrons. The summed E-state index contributed by atoms with van der Waals surface area (Å²) in [5.41, 5.74) is 2.51. The van der Waals surface area contributed by atoms with E-state index in [4.69, 9.17) is 0 Å². The van der Waals surface area contributed by atoms with E-state index in [1.54, 1.807) is 50.5 Å². The summed E-state index contributed by atoms with van der Waals surface area (Å²) in [6, 6.07) is 11.6. The van der Waals surface area contributed by atoms with Crippen LogP contribution in [0.5, 0.6) is 0 Å². The van der Waals surface area contributed by atoms with Crippen molar-refractivity contribution in [2.24, 2.45) is 0 Å². The van der Waals surface area contributed by atoms with Crippen LogP contribution in [0, 0.1) is 5.82 Å². The largest absolute Gasteiger partial charge is 0.360 e. The molecule has 8 heteroatoms. The highest BCUT2D eigenvalue weighted by atomic mass is 19.1. The van der Waals surface area contributed by atoms with Gasteiger partial charge in [0.1, 0.15) is 5.82 Å². The number of ketones is 1. The van der Waals surface area contributed by atoms with Gasteiger partial charge in [-0.15, -0.1) is 0 Å². The Morgan fingerprint density at radius 1 is 1.06 bits per heavy atom. The normalized spacial score (nSPS) is 18.6. The number of piperazine rings is 1. The topological polar surface area (TPSA) is 76.7 Å². The zero-order valence-electron chi connectivity index (χ0n) is 20.5. The van der Waals surface area contributed by atoms with E-state index in [1.165, 1.54) is 17.0 Å². The van der Waals surface area contributed by atoms with Crippen molar-refractivity contribution in [1.29, 1.82) is 0 Å². The van der Waals surface area contributed by atoms with Gasteiger partial charge >= 0.3 is 0 Å². The standard InChI is InChI=1S/C27H31FN4O3/c1-5-30(4)27(35)25(33)20-8-11-24-22(12-20)23(13-29-24)26(34)32-15-17(2)31(14-18(32)3)16-19-6-9-21(28)10-7-19/h6-13,17-18,29H,5,14-16H2,1-4H3. The fraction of sp³-hybridized carbons (Fsp3) is 0.370. The lowest BCUT2D eigenvalue weighted by atomic mass is 10.0. The van der Waals surface area contributed by atoms with Gasteiger partial charge in [-0.2, -0.15) is 0 Å². The number of aromatic nitrogens is 1. The Labute approximate surface area is 204 Å². The van der Waals surface area contributed by atoms with Gasteiger partial charge < -0.3 is 14.8 Å². The number of benzene rings is 2. The van der Waals surface area contributed by atoms with Crippen molar-refractivity contribution in [3.8, 4) is 0 Å². The van der Waals surface area contributed by atoms with Gasteiger partial charge in [0, 0.05) is 68.0 Å². The Hall–Kier alpha value is -3.52. The maximum Gasteiger partial charge on any atom is 0.294 e. The molecule has 0 spiro atoms. The van der Waals surface area contributed by atoms with Crippen LogP contribution in [0.15, 0.2) is 48.7 Å². The number of likely N-dealkylation sites (N-methyl/N-ethyl adjacent to an activating group) is 1. The minimum Gasteiger partial charge on any atom is -0.360 e. The first-order chi connectivity index (χ1) is 16.7. The van der Waals surface area contributed by atoms with Gasteiger partial charge in [0.15, 0.2) is 0 Å². The number of halogens is 1. The van der Waals surface area contributed by atoms with E-state index < -0.39 is 11.7 Å². The highest BCUT2D eigenvalue weighted by Gasteiger charge is 2.33. The number of Topliss-reactive ketones (excluding diaryl/α,β-unsaturated/α-hetero) is 1. The lowest BCUT2D eigenvalue weighted by Crippen LogP contribution is -2.57. The Balaban J connectivity index is 1.53. The van der Waals surface area contributed by atoms with Crippen LogP contribution in [0.4, 0.5) is 4.39 Å². The molecule has 1 aliphatic heterocycles. The molecule has 7 nitrogen and oxygen atoms in total. The number of carbonyl (C=O) groups is 3. The molecule has 3 aromatic rings. The Kier molecular flexibility index (Phi) is 7.03. The quantitative estimate of drug-likeness (QED) is 0.433. The summed E-state index contributed by atoms with van der Waals surface area (Å²) in [4.78, 5) is 47.2. The number of hydrogen-bond donors (Lipinski definition) is 1. The van der Waals surface area contributed by atoms with Crippen LogP contribution in [-0.4, -0.2) is 76.0 Å². The molecule has 1 N–H and O–H groups in total. The second-order valence-corrected chi connectivity index (χ2v) is 9.32. The number of carbonyl (C=O) groups excluding carboxylic acids is 3. The highest BCUT2D eigenvalue weighted by Crippen LogP contribution is 2.25. The molecule has 0 saturated carbocycles. The van der Waals surface area contributed by atoms with Crippen molar-refractivity contribution >= 4 is 28.5 Å². The fourth-order valence-corrected chi connectivity index (χ4v) is 4.56. The molecule has 0 bridgehead atoms. The fourth-order valence-electron chi connectivity index (χ4n) is 4.56. The van der Waals surface area contributed by atoms with Crippen LogP contribution in [0.2, 0.25) is 0 Å². The van der Waals surface area contributed by atoms with Crippen molar-refractivity contribution in [2.75, 3.05) is 26.7 Å². The van der Waals surface area contributed by atoms with E-state index in [9.17, 15) is 18.8 Å². The smallest absolute Gasteiger partial charge is 0.294 e. The van der Waals surface area contributed by atoms with Crippen molar-refractivity contribution in [2.45, 2.75) is 39.4 Å². The predicted molar refractivity (Wildman–Crippen MR) is 133 cm³/mol. The van der Waals surface area contributed by atoms with Crippen molar-refractivity contribution in [3.05, 3.63) is 71.2 Å². The monoisotopic (exact) mass is 478 g/mol. The number of H-pyrrole nitrogens is 1. The number of nitrogens with zero attached hydrogens (tertiary/aromatic N) is 3. The van der Waals surface area contributed by atoms with Gasteiger partial charge in [-0.05, 0) is 56.7 Å². The minimum absolute atomic E-state index is 0.0336. The van der Waals surface area contributed by atoms with E-state index in [1.807, 2.05) is 11.8 Å². The summed E-state index contributed by atoms with van der Waals surface area (Å²) in [6.45, 7) is 8.26. The molecule has 1 saturated heterocycles. The second-order valence-electron chi connectivity index (χ2n) is 9.32. The lowest BCUT2D eigenvalue weighted by Gasteiger charge is -2.44. The number of rotatable bonds is 6. The Morgan fingerprint density at radius 2 is 1.77 bits per heavy atom. The molecule has 1 aliphatic rings. The maximum atomic E-state index is 13.6. The second kappa shape index (κ2) is 10.00. The third kappa shape index (κ3) is 4.98. The van der Waals surface area contributed by atoms with E-state index in [2.05, 4.69) is 16.8 Å². The molecular weight excluding hydrogens is 447 g/mol. The van der Waals surface area contributed by atoms with Crippen molar-refractivity contribution in [3.63, 3.8) is 0 Å². The number of aromatic amines is 1. The van der Waals surface area contributed by atoms with E-state index in [0.717, 1.165) is 11.1 Å². The molecule has 4 rings (SSSR count). The van der Waals surface area contributed by atoms with Crippen LogP contribution in [0.25, 0.3) is 10.9 Å². The first kappa shape index (κ1) is 24.6. The first-order valence-corrected chi connectivity index (χ1v) is 11.9. The van der Waals surface area contributed by atoms with Crippen LogP contribution in [0.1, 0.15) is 47.1 Å². The Morgan fingerprint density at radius 3 is 2.46 bits per heavy atom. The Bertz CT molecular complexity index is 1250. The van der Waals surface area contributed by atoms with Crippen LogP contribution in [-0.2, 0) is 11.3 Å². The average molecular weight is 479 g/mol. The molecule has 2 unspecified atom stereocenters. The summed E-state index contributed by atoms with van der Waals surface area (Å²) >= 11 is 0. The van der Waals surface area contributed by atoms with E-state index in [-0.39, 0.29) is 29.4 Å². The van der Waals surface area contributed by atoms with E-state index >= 15 is 0 Å². The van der Waals surface area contributed by atoms with Crippen LogP contribution >= 0.6 is 0 Å². The lowest BCUT2D eigenvalue weighted by molar-refractivity contribution is -0.125. The molecule has 2 amide bonds. The van der Waals surface area contributed by atoms with Gasteiger partial charge in [0.05, 0.1) is 5.56 Å². The molecule has 2 aromatic carbocycles. The molecule has 1 fully saturated rings. The third-order valence-electron chi connectivity index (χ3n) is 6.86. The maximum absolute atomic E-state index is 13.6. The number of fused-ring (bicyclic) bond motifs is 1. The van der Waals surface area contributed by atoms with Crippen molar-refractivity contribution in [1.82, 2.24) is 19.7 Å². The predicted octanol–water partition coefficient (Wildman–Crippen LogP) is 3.70. The average Bonchev–Trinajstić information content (AvgIpc) is 3.28. The minimum atomic E-state index is -0.591. The highest BCUT2D eigenvalue weighted by molar-refractivity contribution is 6.43. The first-order valence-electron chi connectivity index (χ1n) is 11.9. The van der Waals surface area contributed by atoms with Crippen molar-refractivity contribution < 1.29 is 18.8 Å². The van der Waals surface area contributed by atoms with Gasteiger partial charge in [0.25, 0.3) is 11.8 Å². The van der Waals surface area contributed by atoms with Gasteiger partial charge in [0.2, 0.25) is 5.78 Å². The molecule has 184 valence electrons. The molecule has 35 heavy (non-hydrogen) atoms. The number of amides is 2. The third-order valence-corrected chi connectivity index (χ3v) is 6.86. The molecule has 2 heterocycles. The summed E-state index contributed by atoms with van der Waals surface area (Å²) in [7, 11) is 1.59. The SMILES string of the molecule is CCN(C)C(=O)C(=O)c1ccc2[nH]cc(C(=O)N3CC(C)N(Cc4ccc(F)cc4)CC3C)c2c1. The van der Waals surface area contributed by atoms with Gasteiger partial charge in [-0.3, -0.25) is 19.3 Å². The zero-order valence-corrected chi connectivity index (χ0v) is 20.5. The molecular formula is C27H31FN4O3. The van der Waals surface area contributed by atoms with Gasteiger partial charge in [-0.25, -0.2) is 4.39 Å². The summed E-state index contributed by atoms with van der Waals surface area (Å²) < 4.78 is 13.3. The van der Waals surface area contributed by atoms with Gasteiger partial charge in [-0.1, -0.05) is 12.1 Å². The summed E-state index contributed by atoms with van der Waals surface area (Å²) in [6.07, 6.45) is 1.67. The summed E-state index contributed by atoms with van der Waals surface area (Å²) in [5, 5.41) is 0.626. The molecule has 2 atom stereocenters. The summed E-state index contributed by atoms with van der Waals surface area (Å²) in [5.74, 6) is -1.53. The van der Waals surface area contributed by atoms with Crippen LogP contribution in [0.3, 0.4) is 0 Å². The zero-order chi connectivity index (χ0) is 25.3. The van der Waals surface area contributed by atoms with E-state index in [0.29, 0.717) is 37.1 Å². The van der Waals surface area contributed by atoms with Crippen LogP contribution < -0.4 is 0 Å². The molecule has 1 aromatic heterocycles. The number of nitrogens with one attached hydrogen (secondary N) is 1. The molecule has 0 aliphatic carbocycles.